The zero-order valence-corrected chi connectivity index (χ0v) is 8.86. The van der Waals surface area contributed by atoms with Crippen LogP contribution in [0, 0.1) is 0 Å². The van der Waals surface area contributed by atoms with Crippen molar-refractivity contribution in [3.8, 4) is 0 Å². The second-order valence-corrected chi connectivity index (χ2v) is 2.73. The van der Waals surface area contributed by atoms with Gasteiger partial charge >= 0.3 is 16.5 Å². The summed E-state index contributed by atoms with van der Waals surface area (Å²) in [6.45, 7) is 0.254. The van der Waals surface area contributed by atoms with Gasteiger partial charge in [-0.25, -0.2) is 24.3 Å². The molecular weight excluding hydrogens is 219 g/mol. The van der Waals surface area contributed by atoms with Crippen molar-refractivity contribution >= 4 is 0 Å². The summed E-state index contributed by atoms with van der Waals surface area (Å²) in [5.74, 6) is 0. The Bertz CT molecular complexity index is 254. The SMILES string of the molecule is OCC[c-]1cccc1.[Ni+2].c1cc[cH-]c1. The van der Waals surface area contributed by atoms with Crippen molar-refractivity contribution in [3.63, 3.8) is 0 Å². The van der Waals surface area contributed by atoms with Crippen LogP contribution in [0.3, 0.4) is 0 Å². The maximum Gasteiger partial charge on any atom is 2.00 e. The van der Waals surface area contributed by atoms with E-state index in [1.54, 1.807) is 0 Å². The Morgan fingerprint density at radius 3 is 1.93 bits per heavy atom. The molecule has 0 aliphatic carbocycles. The third kappa shape index (κ3) is 5.74. The van der Waals surface area contributed by atoms with Crippen molar-refractivity contribution in [3.05, 3.63) is 60.2 Å². The maximum absolute atomic E-state index is 8.44. The molecule has 0 saturated heterocycles. The molecule has 78 valence electrons. The second-order valence-electron chi connectivity index (χ2n) is 2.73. The van der Waals surface area contributed by atoms with Crippen LogP contribution in [0.1, 0.15) is 5.56 Å². The first-order valence-electron chi connectivity index (χ1n) is 4.41. The summed E-state index contributed by atoms with van der Waals surface area (Å²) < 4.78 is 0. The van der Waals surface area contributed by atoms with Crippen molar-refractivity contribution in [1.82, 2.24) is 0 Å². The van der Waals surface area contributed by atoms with Gasteiger partial charge in [0.25, 0.3) is 0 Å². The zero-order chi connectivity index (χ0) is 9.36. The fourth-order valence-electron chi connectivity index (χ4n) is 1.03. The summed E-state index contributed by atoms with van der Waals surface area (Å²) in [4.78, 5) is 0. The molecule has 0 heterocycles. The van der Waals surface area contributed by atoms with Crippen LogP contribution in [-0.4, -0.2) is 11.7 Å². The molecule has 0 amide bonds. The molecule has 0 saturated carbocycles. The Labute approximate surface area is 95.0 Å². The van der Waals surface area contributed by atoms with Gasteiger partial charge in [-0.15, -0.1) is 0 Å². The molecule has 0 radical (unpaired) electrons. The summed E-state index contributed by atoms with van der Waals surface area (Å²) in [7, 11) is 0. The van der Waals surface area contributed by atoms with E-state index in [0.717, 1.165) is 6.42 Å². The van der Waals surface area contributed by atoms with Gasteiger partial charge in [-0.2, -0.15) is 35.9 Å². The van der Waals surface area contributed by atoms with Crippen molar-refractivity contribution in [2.24, 2.45) is 0 Å². The van der Waals surface area contributed by atoms with E-state index >= 15 is 0 Å². The third-order valence-corrected chi connectivity index (χ3v) is 1.69. The minimum atomic E-state index is 0. The smallest absolute Gasteiger partial charge is 0.397 e. The van der Waals surface area contributed by atoms with Gasteiger partial charge < -0.3 is 5.11 Å². The molecule has 0 fully saturated rings. The van der Waals surface area contributed by atoms with Crippen molar-refractivity contribution in [2.75, 3.05) is 6.61 Å². The van der Waals surface area contributed by atoms with Crippen LogP contribution < -0.4 is 0 Å². The molecule has 1 nitrogen and oxygen atoms in total. The first kappa shape index (κ1) is 13.2. The number of rotatable bonds is 2. The van der Waals surface area contributed by atoms with Crippen LogP contribution in [0.2, 0.25) is 0 Å². The predicted molar refractivity (Wildman–Crippen MR) is 54.9 cm³/mol. The molecule has 0 bridgehead atoms. The topological polar surface area (TPSA) is 20.2 Å². The Morgan fingerprint density at radius 1 is 1.00 bits per heavy atom. The Morgan fingerprint density at radius 2 is 1.57 bits per heavy atom. The molecule has 2 heteroatoms. The number of aliphatic hydroxyl groups is 1. The second kappa shape index (κ2) is 8.74. The summed E-state index contributed by atoms with van der Waals surface area (Å²) in [5.41, 5.74) is 1.22. The van der Waals surface area contributed by atoms with Gasteiger partial charge in [-0.05, 0) is 0 Å². The largest absolute Gasteiger partial charge is 2.00 e. The Hall–Kier alpha value is -0.846. The predicted octanol–water partition coefficient (Wildman–Crippen LogP) is 2.34. The van der Waals surface area contributed by atoms with Crippen LogP contribution in [0.25, 0.3) is 0 Å². The van der Waals surface area contributed by atoms with E-state index in [2.05, 4.69) is 0 Å². The van der Waals surface area contributed by atoms with Crippen LogP contribution in [0.4, 0.5) is 0 Å². The molecule has 0 unspecified atom stereocenters. The third-order valence-electron chi connectivity index (χ3n) is 1.69. The molecule has 1 N–H and O–H groups in total. The summed E-state index contributed by atoms with van der Waals surface area (Å²) in [6, 6.07) is 18.0. The molecule has 14 heavy (non-hydrogen) atoms. The summed E-state index contributed by atoms with van der Waals surface area (Å²) in [6.07, 6.45) is 0.785. The van der Waals surface area contributed by atoms with E-state index in [-0.39, 0.29) is 23.1 Å². The zero-order valence-electron chi connectivity index (χ0n) is 7.87. The van der Waals surface area contributed by atoms with Gasteiger partial charge in [0.05, 0.1) is 0 Å². The molecule has 2 aromatic carbocycles. The fourth-order valence-corrected chi connectivity index (χ4v) is 1.03. The van der Waals surface area contributed by atoms with Crippen LogP contribution in [-0.2, 0) is 22.9 Å². The first-order chi connectivity index (χ1) is 6.43. The van der Waals surface area contributed by atoms with E-state index in [0.29, 0.717) is 0 Å². The van der Waals surface area contributed by atoms with E-state index < -0.39 is 0 Å². The number of hydrogen-bond donors (Lipinski definition) is 1. The molecule has 2 aromatic rings. The summed E-state index contributed by atoms with van der Waals surface area (Å²) in [5, 5.41) is 8.44. The van der Waals surface area contributed by atoms with E-state index in [1.165, 1.54) is 5.56 Å². The monoisotopic (exact) mass is 232 g/mol. The molecule has 0 aliphatic rings. The molecular formula is C12H14NiO. The average Bonchev–Trinajstić information content (AvgIpc) is 2.79. The number of hydrogen-bond acceptors (Lipinski definition) is 1. The minimum absolute atomic E-state index is 0. The van der Waals surface area contributed by atoms with E-state index in [9.17, 15) is 0 Å². The molecule has 0 atom stereocenters. The van der Waals surface area contributed by atoms with Crippen molar-refractivity contribution in [2.45, 2.75) is 6.42 Å². The van der Waals surface area contributed by atoms with E-state index in [4.69, 9.17) is 5.11 Å². The Balaban J connectivity index is 0.000000246. The standard InChI is InChI=1S/C7H9O.C5H5.Ni/c8-6-5-7-3-1-2-4-7;1-2-4-5-3-1;/h1-4,8H,5-6H2;1-5H;/q2*-1;+2. The minimum Gasteiger partial charge on any atom is -0.397 e. The molecule has 0 spiro atoms. The van der Waals surface area contributed by atoms with E-state index in [1.807, 2.05) is 54.6 Å². The fraction of sp³-hybridized carbons (Fsp3) is 0.167. The average molecular weight is 233 g/mol. The quantitative estimate of drug-likeness (QED) is 0.623. The maximum atomic E-state index is 8.44. The van der Waals surface area contributed by atoms with Gasteiger partial charge in [0.15, 0.2) is 0 Å². The summed E-state index contributed by atoms with van der Waals surface area (Å²) >= 11 is 0. The van der Waals surface area contributed by atoms with Crippen molar-refractivity contribution in [1.29, 1.82) is 0 Å². The first-order valence-corrected chi connectivity index (χ1v) is 4.41. The van der Waals surface area contributed by atoms with Gasteiger partial charge in [0.1, 0.15) is 0 Å². The van der Waals surface area contributed by atoms with Gasteiger partial charge in [0.2, 0.25) is 0 Å². The van der Waals surface area contributed by atoms with Crippen LogP contribution >= 0.6 is 0 Å². The molecule has 2 rings (SSSR count). The van der Waals surface area contributed by atoms with Gasteiger partial charge in [0, 0.05) is 6.61 Å². The Kier molecular flexibility index (Phi) is 8.21. The van der Waals surface area contributed by atoms with Crippen LogP contribution in [0.5, 0.6) is 0 Å². The normalized spacial score (nSPS) is 8.36. The molecule has 0 aliphatic heterocycles. The van der Waals surface area contributed by atoms with Crippen LogP contribution in [0.15, 0.2) is 54.6 Å². The van der Waals surface area contributed by atoms with Gasteiger partial charge in [-0.1, -0.05) is 6.42 Å². The van der Waals surface area contributed by atoms with Crippen molar-refractivity contribution < 1.29 is 21.6 Å². The molecule has 0 aromatic heterocycles. The van der Waals surface area contributed by atoms with Gasteiger partial charge in [-0.3, -0.25) is 0 Å². The number of aliphatic hydroxyl groups excluding tert-OH is 1.